The molecule has 0 saturated carbocycles. The molecule has 5 heteroatoms. The molecular formula is C8H3Br3S2. The highest BCUT2D eigenvalue weighted by molar-refractivity contribution is 9.11. The number of halogens is 3. The summed E-state index contributed by atoms with van der Waals surface area (Å²) >= 11 is 13.9. The zero-order chi connectivity index (χ0) is 9.42. The average molecular weight is 403 g/mol. The van der Waals surface area contributed by atoms with Crippen LogP contribution in [0, 0.1) is 0 Å². The lowest BCUT2D eigenvalue weighted by Crippen LogP contribution is -1.60. The second-order valence-electron chi connectivity index (χ2n) is 2.33. The predicted octanol–water partition coefficient (Wildman–Crippen LogP) is 5.76. The maximum atomic E-state index is 3.53. The van der Waals surface area contributed by atoms with Crippen molar-refractivity contribution in [3.8, 4) is 9.75 Å². The molecule has 0 N–H and O–H groups in total. The van der Waals surface area contributed by atoms with Crippen molar-refractivity contribution in [1.82, 2.24) is 0 Å². The van der Waals surface area contributed by atoms with Gasteiger partial charge in [0.15, 0.2) is 0 Å². The Bertz CT molecular complexity index is 430. The number of rotatable bonds is 1. The lowest BCUT2D eigenvalue weighted by Gasteiger charge is -1.90. The molecule has 2 heterocycles. The summed E-state index contributed by atoms with van der Waals surface area (Å²) in [4.78, 5) is 2.57. The number of hydrogen-bond acceptors (Lipinski definition) is 2. The van der Waals surface area contributed by atoms with Crippen LogP contribution in [0.4, 0.5) is 0 Å². The van der Waals surface area contributed by atoms with Crippen molar-refractivity contribution in [2.75, 3.05) is 0 Å². The maximum Gasteiger partial charge on any atom is 0.0717 e. The van der Waals surface area contributed by atoms with E-state index in [2.05, 4.69) is 66.0 Å². The monoisotopic (exact) mass is 400 g/mol. The summed E-state index contributed by atoms with van der Waals surface area (Å²) in [6.07, 6.45) is 0. The summed E-state index contributed by atoms with van der Waals surface area (Å²) in [6, 6.07) is 6.27. The molecule has 0 atom stereocenters. The van der Waals surface area contributed by atoms with E-state index in [1.807, 2.05) is 0 Å². The van der Waals surface area contributed by atoms with E-state index in [4.69, 9.17) is 0 Å². The van der Waals surface area contributed by atoms with Gasteiger partial charge in [-0.3, -0.25) is 0 Å². The molecular weight excluding hydrogens is 400 g/mol. The minimum atomic E-state index is 1.15. The van der Waals surface area contributed by atoms with Crippen LogP contribution >= 0.6 is 70.5 Å². The van der Waals surface area contributed by atoms with Gasteiger partial charge in [-0.05, 0) is 66.0 Å². The number of thiophene rings is 2. The maximum absolute atomic E-state index is 3.53. The van der Waals surface area contributed by atoms with Crippen LogP contribution in [-0.2, 0) is 0 Å². The molecule has 0 nitrogen and oxygen atoms in total. The van der Waals surface area contributed by atoms with E-state index in [0.29, 0.717) is 0 Å². The van der Waals surface area contributed by atoms with E-state index in [9.17, 15) is 0 Å². The van der Waals surface area contributed by atoms with Crippen LogP contribution in [-0.4, -0.2) is 0 Å². The molecule has 0 unspecified atom stereocenters. The molecule has 0 aliphatic rings. The van der Waals surface area contributed by atoms with Crippen LogP contribution in [0.5, 0.6) is 0 Å². The highest BCUT2D eigenvalue weighted by atomic mass is 79.9. The van der Waals surface area contributed by atoms with Crippen LogP contribution in [0.25, 0.3) is 9.75 Å². The fraction of sp³-hybridized carbons (Fsp3) is 0. The molecule has 0 aromatic carbocycles. The van der Waals surface area contributed by atoms with Gasteiger partial charge in [0.05, 0.1) is 12.4 Å². The third-order valence-electron chi connectivity index (χ3n) is 1.45. The topological polar surface area (TPSA) is 0 Å². The Hall–Kier alpha value is 0.840. The van der Waals surface area contributed by atoms with Crippen LogP contribution in [0.15, 0.2) is 30.2 Å². The fourth-order valence-electron chi connectivity index (χ4n) is 0.945. The molecule has 0 amide bonds. The zero-order valence-corrected chi connectivity index (χ0v) is 12.6. The predicted molar refractivity (Wildman–Crippen MR) is 70.7 cm³/mol. The smallest absolute Gasteiger partial charge is 0.0717 e. The molecule has 0 aliphatic heterocycles. The van der Waals surface area contributed by atoms with Gasteiger partial charge in [0.25, 0.3) is 0 Å². The molecule has 2 aromatic rings. The molecule has 0 radical (unpaired) electrons. The van der Waals surface area contributed by atoms with Crippen molar-refractivity contribution in [1.29, 1.82) is 0 Å². The van der Waals surface area contributed by atoms with Crippen molar-refractivity contribution in [2.45, 2.75) is 0 Å². The first-order chi connectivity index (χ1) is 6.16. The second kappa shape index (κ2) is 4.14. The van der Waals surface area contributed by atoms with Crippen molar-refractivity contribution >= 4 is 70.5 Å². The third-order valence-corrected chi connectivity index (χ3v) is 5.78. The van der Waals surface area contributed by atoms with E-state index in [-0.39, 0.29) is 0 Å². The largest absolute Gasteiger partial charge is 0.127 e. The first-order valence-electron chi connectivity index (χ1n) is 3.37. The molecule has 0 spiro atoms. The van der Waals surface area contributed by atoms with E-state index in [0.717, 1.165) is 8.26 Å². The molecule has 2 rings (SSSR count). The molecule has 13 heavy (non-hydrogen) atoms. The molecule has 0 bridgehead atoms. The summed E-state index contributed by atoms with van der Waals surface area (Å²) in [5, 5.41) is 0. The molecule has 2 aromatic heterocycles. The quantitative estimate of drug-likeness (QED) is 0.568. The molecule has 0 aliphatic carbocycles. The van der Waals surface area contributed by atoms with Gasteiger partial charge in [-0.2, -0.15) is 0 Å². The fourth-order valence-corrected chi connectivity index (χ4v) is 5.22. The average Bonchev–Trinajstić information content (AvgIpc) is 2.58. The standard InChI is InChI=1S/C8H3Br3S2/c9-4-3-7(11)13-8(4)5-1-2-6(10)12-5/h1-3H. The van der Waals surface area contributed by atoms with Crippen molar-refractivity contribution < 1.29 is 0 Å². The van der Waals surface area contributed by atoms with Crippen molar-refractivity contribution in [3.63, 3.8) is 0 Å². The Balaban J connectivity index is 2.51. The van der Waals surface area contributed by atoms with Gasteiger partial charge in [-0.25, -0.2) is 0 Å². The van der Waals surface area contributed by atoms with Crippen LogP contribution in [0.1, 0.15) is 0 Å². The minimum absolute atomic E-state index is 1.15. The Labute approximate surface area is 109 Å². The van der Waals surface area contributed by atoms with Gasteiger partial charge in [-0.1, -0.05) is 0 Å². The van der Waals surface area contributed by atoms with Crippen molar-refractivity contribution in [2.24, 2.45) is 0 Å². The van der Waals surface area contributed by atoms with Crippen LogP contribution in [0.3, 0.4) is 0 Å². The highest BCUT2D eigenvalue weighted by Crippen LogP contribution is 2.42. The first kappa shape index (κ1) is 10.4. The molecule has 0 saturated heterocycles. The van der Waals surface area contributed by atoms with E-state index >= 15 is 0 Å². The summed E-state index contributed by atoms with van der Waals surface area (Å²) in [6.45, 7) is 0. The summed E-state index contributed by atoms with van der Waals surface area (Å²) in [5.41, 5.74) is 0. The normalized spacial score (nSPS) is 10.7. The lowest BCUT2D eigenvalue weighted by molar-refractivity contribution is 1.83. The third kappa shape index (κ3) is 2.26. The second-order valence-corrected chi connectivity index (χ2v) is 8.08. The molecule has 68 valence electrons. The van der Waals surface area contributed by atoms with Gasteiger partial charge in [0.1, 0.15) is 0 Å². The summed E-state index contributed by atoms with van der Waals surface area (Å²) < 4.78 is 3.47. The number of hydrogen-bond donors (Lipinski definition) is 0. The van der Waals surface area contributed by atoms with E-state index in [1.165, 1.54) is 13.5 Å². The summed E-state index contributed by atoms with van der Waals surface area (Å²) in [5.74, 6) is 0. The van der Waals surface area contributed by atoms with Crippen LogP contribution in [0.2, 0.25) is 0 Å². The Morgan fingerprint density at radius 3 is 2.15 bits per heavy atom. The molecule has 0 fully saturated rings. The van der Waals surface area contributed by atoms with E-state index in [1.54, 1.807) is 22.7 Å². The minimum Gasteiger partial charge on any atom is -0.127 e. The van der Waals surface area contributed by atoms with Gasteiger partial charge >= 0.3 is 0 Å². The van der Waals surface area contributed by atoms with Gasteiger partial charge in [0, 0.05) is 9.35 Å². The highest BCUT2D eigenvalue weighted by Gasteiger charge is 2.09. The van der Waals surface area contributed by atoms with Gasteiger partial charge < -0.3 is 0 Å². The Kier molecular flexibility index (Phi) is 3.30. The zero-order valence-electron chi connectivity index (χ0n) is 6.18. The SMILES string of the molecule is Brc1ccc(-c2sc(Br)cc2Br)s1. The van der Waals surface area contributed by atoms with Crippen molar-refractivity contribution in [3.05, 3.63) is 30.2 Å². The Morgan fingerprint density at radius 2 is 1.69 bits per heavy atom. The van der Waals surface area contributed by atoms with Gasteiger partial charge in [0.2, 0.25) is 0 Å². The van der Waals surface area contributed by atoms with Gasteiger partial charge in [-0.15, -0.1) is 22.7 Å². The Morgan fingerprint density at radius 1 is 0.923 bits per heavy atom. The summed E-state index contributed by atoms with van der Waals surface area (Å²) in [7, 11) is 0. The lowest BCUT2D eigenvalue weighted by atomic mass is 10.4. The first-order valence-corrected chi connectivity index (χ1v) is 7.38. The van der Waals surface area contributed by atoms with E-state index < -0.39 is 0 Å². The van der Waals surface area contributed by atoms with Crippen LogP contribution < -0.4 is 0 Å².